The number of alkyl halides is 12. The molecule has 0 aromatic rings. The molecule has 2 aliphatic heterocycles. The monoisotopic (exact) mass is 556 g/mol. The van der Waals surface area contributed by atoms with E-state index in [2.05, 4.69) is 18.9 Å². The second-order valence-corrected chi connectivity index (χ2v) is 9.63. The summed E-state index contributed by atoms with van der Waals surface area (Å²) < 4.78 is 187. The molecule has 0 radical (unpaired) electrons. The van der Waals surface area contributed by atoms with E-state index in [1.807, 2.05) is 0 Å². The number of rotatable bonds is 8. The summed E-state index contributed by atoms with van der Waals surface area (Å²) in [6.45, 7) is -1.95. The molecule has 3 aliphatic rings. The lowest BCUT2D eigenvalue weighted by Gasteiger charge is -2.49. The molecule has 0 bridgehead atoms. The first-order valence-corrected chi connectivity index (χ1v) is 11.0. The van der Waals surface area contributed by atoms with Gasteiger partial charge in [-0.05, 0) is 25.7 Å². The van der Waals surface area contributed by atoms with Crippen LogP contribution in [0.3, 0.4) is 0 Å². The van der Waals surface area contributed by atoms with Crippen molar-refractivity contribution in [2.75, 3.05) is 26.4 Å². The van der Waals surface area contributed by atoms with Crippen LogP contribution < -0.4 is 0 Å². The van der Waals surface area contributed by atoms with Gasteiger partial charge in [-0.15, -0.1) is 0 Å². The Bertz CT molecular complexity index is 739. The highest BCUT2D eigenvalue weighted by Gasteiger charge is 2.80. The Kier molecular flexibility index (Phi) is 7.66. The molecule has 3 rings (SSSR count). The molecule has 3 fully saturated rings. The number of ether oxygens (including phenoxy) is 4. The van der Waals surface area contributed by atoms with E-state index in [0.29, 0.717) is 6.92 Å². The second kappa shape index (κ2) is 9.33. The Labute approximate surface area is 197 Å². The first-order chi connectivity index (χ1) is 16.2. The molecule has 16 heteroatoms. The fourth-order valence-corrected chi connectivity index (χ4v) is 5.12. The van der Waals surface area contributed by atoms with E-state index in [4.69, 9.17) is 0 Å². The van der Waals surface area contributed by atoms with Gasteiger partial charge in [0.05, 0.1) is 26.4 Å². The Morgan fingerprint density at radius 2 is 1.11 bits per heavy atom. The van der Waals surface area contributed by atoms with Crippen LogP contribution in [-0.4, -0.2) is 74.5 Å². The highest BCUT2D eigenvalue weighted by Crippen LogP contribution is 2.62. The normalized spacial score (nSPS) is 30.8. The molecule has 0 spiro atoms. The van der Waals surface area contributed by atoms with Gasteiger partial charge in [-0.2, -0.15) is 52.7 Å². The third kappa shape index (κ3) is 5.15. The van der Waals surface area contributed by atoms with E-state index in [-0.39, 0.29) is 13.2 Å². The maximum absolute atomic E-state index is 14.1. The van der Waals surface area contributed by atoms with Crippen molar-refractivity contribution in [3.8, 4) is 0 Å². The lowest BCUT2D eigenvalue weighted by atomic mass is 9.66. The zero-order chi connectivity index (χ0) is 27.4. The zero-order valence-corrected chi connectivity index (χ0v) is 18.8. The van der Waals surface area contributed by atoms with Crippen molar-refractivity contribution in [1.82, 2.24) is 0 Å². The van der Waals surface area contributed by atoms with Crippen molar-refractivity contribution >= 4 is 0 Å². The van der Waals surface area contributed by atoms with Crippen molar-refractivity contribution in [3.63, 3.8) is 0 Å². The van der Waals surface area contributed by atoms with Gasteiger partial charge in [-0.25, -0.2) is 0 Å². The average Bonchev–Trinajstić information content (AvgIpc) is 3.55. The molecule has 0 N–H and O–H groups in total. The number of hydrogen-bond acceptors (Lipinski definition) is 4. The summed E-state index contributed by atoms with van der Waals surface area (Å²) in [5, 5.41) is 0. The number of hydrogen-bond donors (Lipinski definition) is 0. The third-order valence-corrected chi connectivity index (χ3v) is 7.18. The molecule has 0 aromatic heterocycles. The first kappa shape index (κ1) is 29.6. The lowest BCUT2D eigenvalue weighted by molar-refractivity contribution is -0.417. The lowest BCUT2D eigenvalue weighted by Crippen LogP contribution is -2.68. The van der Waals surface area contributed by atoms with E-state index in [1.165, 1.54) is 0 Å². The van der Waals surface area contributed by atoms with Gasteiger partial charge in [-0.1, -0.05) is 13.3 Å². The highest BCUT2D eigenvalue weighted by molar-refractivity contribution is 5.11. The van der Waals surface area contributed by atoms with Gasteiger partial charge in [0.1, 0.15) is 12.2 Å². The molecule has 212 valence electrons. The van der Waals surface area contributed by atoms with Gasteiger partial charge >= 0.3 is 24.7 Å². The standard InChI is InChI=1S/C20H24F12O4/c1-14(16(19(27,28)29,20(30,31)32)36-10-13-8-34-13)5-2-3-11(4-6-14)15(17(21,22)23,18(24,25)26)35-9-12-7-33-12/h11-13H,2-10H2,1H3. The molecule has 36 heavy (non-hydrogen) atoms. The van der Waals surface area contributed by atoms with Gasteiger partial charge in [-0.3, -0.25) is 0 Å². The van der Waals surface area contributed by atoms with Crippen LogP contribution in [0.25, 0.3) is 0 Å². The summed E-state index contributed by atoms with van der Waals surface area (Å²) in [5.74, 6) is -2.50. The summed E-state index contributed by atoms with van der Waals surface area (Å²) in [4.78, 5) is 0. The Morgan fingerprint density at radius 1 is 0.667 bits per heavy atom. The summed E-state index contributed by atoms with van der Waals surface area (Å²) in [6.07, 6.45) is -31.7. The molecule has 1 aliphatic carbocycles. The number of halogens is 12. The zero-order valence-electron chi connectivity index (χ0n) is 18.8. The van der Waals surface area contributed by atoms with Crippen molar-refractivity contribution in [2.24, 2.45) is 11.3 Å². The van der Waals surface area contributed by atoms with Crippen LogP contribution >= 0.6 is 0 Å². The molecule has 2 heterocycles. The van der Waals surface area contributed by atoms with E-state index in [9.17, 15) is 52.7 Å². The molecular weight excluding hydrogens is 532 g/mol. The van der Waals surface area contributed by atoms with Gasteiger partial charge in [0.2, 0.25) is 0 Å². The van der Waals surface area contributed by atoms with Gasteiger partial charge in [0, 0.05) is 11.3 Å². The van der Waals surface area contributed by atoms with E-state index >= 15 is 0 Å². The molecule has 4 atom stereocenters. The predicted molar refractivity (Wildman–Crippen MR) is 95.7 cm³/mol. The van der Waals surface area contributed by atoms with Crippen molar-refractivity contribution in [2.45, 2.75) is 87.1 Å². The summed E-state index contributed by atoms with van der Waals surface area (Å²) >= 11 is 0. The maximum Gasteiger partial charge on any atom is 0.427 e. The molecule has 1 saturated carbocycles. The number of epoxide rings is 2. The minimum atomic E-state index is -6.08. The van der Waals surface area contributed by atoms with Crippen LogP contribution in [0.4, 0.5) is 52.7 Å². The smallest absolute Gasteiger partial charge is 0.371 e. The van der Waals surface area contributed by atoms with Crippen LogP contribution in [0.5, 0.6) is 0 Å². The van der Waals surface area contributed by atoms with Gasteiger partial charge in [0.25, 0.3) is 11.2 Å². The van der Waals surface area contributed by atoms with Crippen molar-refractivity contribution in [1.29, 1.82) is 0 Å². The highest BCUT2D eigenvalue weighted by atomic mass is 19.4. The summed E-state index contributed by atoms with van der Waals surface area (Å²) in [5.41, 5.74) is -12.6. The van der Waals surface area contributed by atoms with E-state index in [1.54, 1.807) is 0 Å². The molecule has 4 unspecified atom stereocenters. The minimum absolute atomic E-state index is 0.143. The Morgan fingerprint density at radius 3 is 1.50 bits per heavy atom. The SMILES string of the molecule is CC1(C(OCC2CO2)(C(F)(F)F)C(F)(F)F)CCCC(C(OCC2CO2)(C(F)(F)F)C(F)(F)F)CC1. The molecule has 4 nitrogen and oxygen atoms in total. The average molecular weight is 556 g/mol. The Hall–Kier alpha value is -1.00. The second-order valence-electron chi connectivity index (χ2n) is 9.63. The molecular formula is C20H24F12O4. The largest absolute Gasteiger partial charge is 0.427 e. The molecule has 2 saturated heterocycles. The van der Waals surface area contributed by atoms with Crippen LogP contribution in [0.2, 0.25) is 0 Å². The molecule has 0 amide bonds. The first-order valence-electron chi connectivity index (χ1n) is 11.0. The fourth-order valence-electron chi connectivity index (χ4n) is 5.12. The third-order valence-electron chi connectivity index (χ3n) is 7.18. The summed E-state index contributed by atoms with van der Waals surface area (Å²) in [6, 6.07) is 0. The quantitative estimate of drug-likeness (QED) is 0.205. The fraction of sp³-hybridized carbons (Fsp3) is 1.00. The Balaban J connectivity index is 2.00. The molecule has 0 aromatic carbocycles. The topological polar surface area (TPSA) is 43.5 Å². The van der Waals surface area contributed by atoms with Crippen molar-refractivity contribution < 1.29 is 71.6 Å². The van der Waals surface area contributed by atoms with Crippen LogP contribution in [0.15, 0.2) is 0 Å². The van der Waals surface area contributed by atoms with Crippen molar-refractivity contribution in [3.05, 3.63) is 0 Å². The minimum Gasteiger partial charge on any atom is -0.371 e. The van der Waals surface area contributed by atoms with E-state index in [0.717, 1.165) is 0 Å². The van der Waals surface area contributed by atoms with Gasteiger partial charge in [0.15, 0.2) is 0 Å². The maximum atomic E-state index is 14.1. The van der Waals surface area contributed by atoms with Crippen LogP contribution in [-0.2, 0) is 18.9 Å². The van der Waals surface area contributed by atoms with Crippen LogP contribution in [0, 0.1) is 11.3 Å². The van der Waals surface area contributed by atoms with Gasteiger partial charge < -0.3 is 18.9 Å². The predicted octanol–water partition coefficient (Wildman–Crippen LogP) is 6.13. The summed E-state index contributed by atoms with van der Waals surface area (Å²) in [7, 11) is 0. The van der Waals surface area contributed by atoms with E-state index < -0.39 is 105 Å². The van der Waals surface area contributed by atoms with Crippen LogP contribution in [0.1, 0.15) is 39.0 Å².